The van der Waals surface area contributed by atoms with Gasteiger partial charge in [-0.3, -0.25) is 14.4 Å². The Morgan fingerprint density at radius 1 is 1.45 bits per heavy atom. The number of carboxylic acid groups (broad SMARTS) is 1. The van der Waals surface area contributed by atoms with Crippen molar-refractivity contribution in [1.29, 1.82) is 0 Å². The van der Waals surface area contributed by atoms with Crippen LogP contribution in [0, 0.1) is 0 Å². The number of hydrogen-bond acceptors (Lipinski definition) is 6. The highest BCUT2D eigenvalue weighted by Crippen LogP contribution is 2.15. The summed E-state index contributed by atoms with van der Waals surface area (Å²) in [6.07, 6.45) is -0.524. The number of hydrogen-bond donors (Lipinski definition) is 4. The minimum absolute atomic E-state index is 0.0607. The normalized spacial score (nSPS) is 11.4. The van der Waals surface area contributed by atoms with Gasteiger partial charge >= 0.3 is 5.97 Å². The van der Waals surface area contributed by atoms with E-state index in [-0.39, 0.29) is 16.7 Å². The molecule has 5 N–H and O–H groups in total. The number of aromatic nitrogens is 1. The largest absolute Gasteiger partial charge is 0.480 e. The van der Waals surface area contributed by atoms with Crippen LogP contribution >= 0.6 is 11.3 Å². The van der Waals surface area contributed by atoms with Crippen LogP contribution in [0.4, 0.5) is 5.13 Å². The molecule has 9 nitrogen and oxygen atoms in total. The smallest absolute Gasteiger partial charge is 0.326 e. The number of carboxylic acids is 1. The molecule has 0 spiro atoms. The van der Waals surface area contributed by atoms with Gasteiger partial charge in [-0.25, -0.2) is 9.78 Å². The van der Waals surface area contributed by atoms with Gasteiger partial charge in [-0.05, 0) is 0 Å². The zero-order valence-electron chi connectivity index (χ0n) is 10.4. The number of primary amides is 1. The number of aliphatic carboxylic acids is 1. The first-order valence-electron chi connectivity index (χ1n) is 5.34. The summed E-state index contributed by atoms with van der Waals surface area (Å²) in [4.78, 5) is 47.9. The fraction of sp³-hybridized carbons (Fsp3) is 0.300. The lowest BCUT2D eigenvalue weighted by atomic mass is 10.2. The number of carbonyl (C=O) groups is 4. The Bertz CT molecular complexity index is 556. The monoisotopic (exact) mass is 300 g/mol. The maximum Gasteiger partial charge on any atom is 0.326 e. The molecule has 10 heteroatoms. The van der Waals surface area contributed by atoms with Gasteiger partial charge in [-0.15, -0.1) is 11.3 Å². The lowest BCUT2D eigenvalue weighted by molar-refractivity contribution is -0.140. The van der Waals surface area contributed by atoms with Crippen molar-refractivity contribution in [2.45, 2.75) is 19.4 Å². The van der Waals surface area contributed by atoms with Crippen molar-refractivity contribution in [3.63, 3.8) is 0 Å². The number of amides is 3. The second-order valence-corrected chi connectivity index (χ2v) is 4.61. The van der Waals surface area contributed by atoms with Crippen LogP contribution in [-0.2, 0) is 14.4 Å². The van der Waals surface area contributed by atoms with Gasteiger partial charge in [0.05, 0.1) is 6.42 Å². The molecule has 0 aliphatic rings. The Labute approximate surface area is 117 Å². The van der Waals surface area contributed by atoms with E-state index in [4.69, 9.17) is 10.8 Å². The summed E-state index contributed by atoms with van der Waals surface area (Å²) in [6, 6.07) is -1.43. The molecule has 1 aromatic heterocycles. The molecule has 3 amide bonds. The zero-order valence-corrected chi connectivity index (χ0v) is 11.2. The summed E-state index contributed by atoms with van der Waals surface area (Å²) in [5.74, 6) is -3.35. The molecule has 0 aliphatic carbocycles. The molecule has 0 aliphatic heterocycles. The maximum atomic E-state index is 11.7. The Hall–Kier alpha value is -2.49. The summed E-state index contributed by atoms with van der Waals surface area (Å²) in [5.41, 5.74) is 4.83. The lowest BCUT2D eigenvalue weighted by Crippen LogP contribution is -2.43. The second-order valence-electron chi connectivity index (χ2n) is 3.75. The minimum atomic E-state index is -1.43. The Balaban J connectivity index is 2.73. The van der Waals surface area contributed by atoms with Gasteiger partial charge in [0, 0.05) is 12.3 Å². The summed E-state index contributed by atoms with van der Waals surface area (Å²) < 4.78 is 0. The van der Waals surface area contributed by atoms with Crippen LogP contribution < -0.4 is 16.4 Å². The third-order valence-electron chi connectivity index (χ3n) is 2.03. The third-order valence-corrected chi connectivity index (χ3v) is 2.79. The van der Waals surface area contributed by atoms with E-state index in [2.05, 4.69) is 15.6 Å². The minimum Gasteiger partial charge on any atom is -0.480 e. The van der Waals surface area contributed by atoms with E-state index in [0.29, 0.717) is 0 Å². The molecule has 0 fully saturated rings. The van der Waals surface area contributed by atoms with E-state index < -0.39 is 30.2 Å². The van der Waals surface area contributed by atoms with Crippen LogP contribution in [0.3, 0.4) is 0 Å². The van der Waals surface area contributed by atoms with Gasteiger partial charge < -0.3 is 21.5 Å². The summed E-state index contributed by atoms with van der Waals surface area (Å²) >= 11 is 1.01. The third kappa shape index (κ3) is 4.65. The molecule has 0 saturated carbocycles. The standard InChI is InChI=1S/C10H12N4O5S/c1-4(15)12-10-14-6(3-20-10)8(17)13-5(9(18)19)2-7(11)16/h3,5H,2H2,1H3,(H2,11,16)(H,13,17)(H,18,19)(H,12,14,15)/t5-/m0/s1. The summed E-state index contributed by atoms with van der Waals surface area (Å²) in [6.45, 7) is 1.29. The summed E-state index contributed by atoms with van der Waals surface area (Å²) in [7, 11) is 0. The average Bonchev–Trinajstić information content (AvgIpc) is 2.74. The van der Waals surface area contributed by atoms with Gasteiger partial charge in [-0.2, -0.15) is 0 Å². The Morgan fingerprint density at radius 3 is 2.60 bits per heavy atom. The predicted molar refractivity (Wildman–Crippen MR) is 69.1 cm³/mol. The second kappa shape index (κ2) is 6.61. The lowest BCUT2D eigenvalue weighted by Gasteiger charge is -2.11. The highest BCUT2D eigenvalue weighted by molar-refractivity contribution is 7.14. The van der Waals surface area contributed by atoms with Crippen LogP contribution in [0.1, 0.15) is 23.8 Å². The van der Waals surface area contributed by atoms with Crippen molar-refractivity contribution < 1.29 is 24.3 Å². The highest BCUT2D eigenvalue weighted by atomic mass is 32.1. The molecule has 0 aromatic carbocycles. The Morgan fingerprint density at radius 2 is 2.10 bits per heavy atom. The molecular weight excluding hydrogens is 288 g/mol. The molecule has 0 unspecified atom stereocenters. The van der Waals surface area contributed by atoms with Crippen LogP contribution in [0.15, 0.2) is 5.38 Å². The van der Waals surface area contributed by atoms with Gasteiger partial charge in [-0.1, -0.05) is 0 Å². The maximum absolute atomic E-state index is 11.7. The highest BCUT2D eigenvalue weighted by Gasteiger charge is 2.23. The zero-order chi connectivity index (χ0) is 15.3. The van der Waals surface area contributed by atoms with Crippen molar-refractivity contribution in [2.24, 2.45) is 5.73 Å². The molecule has 0 bridgehead atoms. The Kier molecular flexibility index (Phi) is 5.15. The van der Waals surface area contributed by atoms with Crippen LogP contribution in [0.2, 0.25) is 0 Å². The van der Waals surface area contributed by atoms with Crippen molar-refractivity contribution in [3.05, 3.63) is 11.1 Å². The SMILES string of the molecule is CC(=O)Nc1nc(C(=O)N[C@@H](CC(N)=O)C(=O)O)cs1. The number of nitrogens with two attached hydrogens (primary N) is 1. The van der Waals surface area contributed by atoms with E-state index >= 15 is 0 Å². The molecule has 108 valence electrons. The van der Waals surface area contributed by atoms with Crippen molar-refractivity contribution in [2.75, 3.05) is 5.32 Å². The van der Waals surface area contributed by atoms with Gasteiger partial charge in [0.25, 0.3) is 5.91 Å². The number of nitrogens with one attached hydrogen (secondary N) is 2. The van der Waals surface area contributed by atoms with Crippen LogP contribution in [0.5, 0.6) is 0 Å². The van der Waals surface area contributed by atoms with Crippen LogP contribution in [0.25, 0.3) is 0 Å². The molecule has 20 heavy (non-hydrogen) atoms. The summed E-state index contributed by atoms with van der Waals surface area (Å²) in [5, 5.41) is 14.9. The van der Waals surface area contributed by atoms with Gasteiger partial charge in [0.2, 0.25) is 11.8 Å². The quantitative estimate of drug-likeness (QED) is 0.537. The number of carbonyl (C=O) groups excluding carboxylic acids is 3. The average molecular weight is 300 g/mol. The first-order valence-corrected chi connectivity index (χ1v) is 6.22. The number of thiazole rings is 1. The first kappa shape index (κ1) is 15.6. The van der Waals surface area contributed by atoms with Gasteiger partial charge in [0.1, 0.15) is 11.7 Å². The molecule has 0 radical (unpaired) electrons. The molecule has 1 heterocycles. The molecule has 1 rings (SSSR count). The van der Waals surface area contributed by atoms with E-state index in [1.165, 1.54) is 12.3 Å². The molecule has 1 atom stereocenters. The predicted octanol–water partition coefficient (Wildman–Crippen LogP) is -0.840. The van der Waals surface area contributed by atoms with Gasteiger partial charge in [0.15, 0.2) is 5.13 Å². The van der Waals surface area contributed by atoms with Crippen molar-refractivity contribution in [1.82, 2.24) is 10.3 Å². The van der Waals surface area contributed by atoms with E-state index in [0.717, 1.165) is 11.3 Å². The van der Waals surface area contributed by atoms with Crippen molar-refractivity contribution >= 4 is 40.2 Å². The molecule has 0 saturated heterocycles. The fourth-order valence-electron chi connectivity index (χ4n) is 1.22. The fourth-order valence-corrected chi connectivity index (χ4v) is 1.96. The van der Waals surface area contributed by atoms with E-state index in [9.17, 15) is 19.2 Å². The van der Waals surface area contributed by atoms with E-state index in [1.54, 1.807) is 0 Å². The molecular formula is C10H12N4O5S. The first-order chi connectivity index (χ1) is 9.29. The van der Waals surface area contributed by atoms with E-state index in [1.807, 2.05) is 0 Å². The number of nitrogens with zero attached hydrogens (tertiary/aromatic N) is 1. The van der Waals surface area contributed by atoms with Crippen molar-refractivity contribution in [3.8, 4) is 0 Å². The topological polar surface area (TPSA) is 151 Å². The van der Waals surface area contributed by atoms with Crippen LogP contribution in [-0.4, -0.2) is 39.8 Å². The number of anilines is 1. The molecule has 1 aromatic rings. The number of rotatable bonds is 6.